The molecule has 0 fully saturated rings. The van der Waals surface area contributed by atoms with Gasteiger partial charge in [-0.05, 0) is 42.0 Å². The van der Waals surface area contributed by atoms with Crippen molar-refractivity contribution in [1.82, 2.24) is 4.98 Å². The van der Waals surface area contributed by atoms with Crippen molar-refractivity contribution in [3.8, 4) is 0 Å². The first-order valence-electron chi connectivity index (χ1n) is 11.6. The van der Waals surface area contributed by atoms with Gasteiger partial charge in [0.05, 0.1) is 23.2 Å². The van der Waals surface area contributed by atoms with Crippen molar-refractivity contribution in [3.05, 3.63) is 122 Å². The van der Waals surface area contributed by atoms with Crippen LogP contribution in [0.3, 0.4) is 0 Å². The smallest absolute Gasteiger partial charge is 0.297 e. The minimum atomic E-state index is -1.88. The van der Waals surface area contributed by atoms with Gasteiger partial charge in [-0.15, -0.1) is 11.3 Å². The van der Waals surface area contributed by atoms with E-state index < -0.39 is 28.6 Å². The normalized spacial score (nSPS) is 18.1. The van der Waals surface area contributed by atoms with Gasteiger partial charge in [0.1, 0.15) is 11.4 Å². The molecule has 2 aromatic heterocycles. The van der Waals surface area contributed by atoms with Gasteiger partial charge in [-0.3, -0.25) is 19.3 Å². The summed E-state index contributed by atoms with van der Waals surface area (Å²) in [4.78, 5) is 49.8. The van der Waals surface area contributed by atoms with Gasteiger partial charge in [0.15, 0.2) is 16.1 Å². The molecule has 2 amide bonds. The van der Waals surface area contributed by atoms with Crippen molar-refractivity contribution < 1.29 is 18.4 Å². The summed E-state index contributed by atoms with van der Waals surface area (Å²) in [6.07, 6.45) is 1.52. The molecule has 2 aliphatic heterocycles. The largest absolute Gasteiger partial charge is 0.450 e. The van der Waals surface area contributed by atoms with Gasteiger partial charge >= 0.3 is 0 Å². The van der Waals surface area contributed by atoms with Gasteiger partial charge < -0.3 is 9.32 Å². The van der Waals surface area contributed by atoms with Crippen molar-refractivity contribution in [1.29, 1.82) is 0 Å². The SMILES string of the molecule is O=C1c2oc3ccc(F)cc3c(=O)c2C2(C(=O)N(Cc3ccc(Cl)cc3)c3ccccc32)N1c1nccs1. The van der Waals surface area contributed by atoms with Gasteiger partial charge in [-0.1, -0.05) is 41.9 Å². The first-order chi connectivity index (χ1) is 18.4. The van der Waals surface area contributed by atoms with Crippen LogP contribution in [0.1, 0.15) is 27.2 Å². The lowest BCUT2D eigenvalue weighted by molar-refractivity contribution is -0.121. The van der Waals surface area contributed by atoms with E-state index in [1.165, 1.54) is 22.1 Å². The van der Waals surface area contributed by atoms with E-state index in [4.69, 9.17) is 16.0 Å². The van der Waals surface area contributed by atoms with Crippen molar-refractivity contribution in [2.45, 2.75) is 12.1 Å². The zero-order chi connectivity index (χ0) is 26.2. The Balaban J connectivity index is 1.55. The van der Waals surface area contributed by atoms with E-state index in [1.807, 2.05) is 0 Å². The second-order valence-electron chi connectivity index (χ2n) is 8.98. The fourth-order valence-electron chi connectivity index (χ4n) is 5.39. The molecule has 1 atom stereocenters. The molecule has 4 heterocycles. The predicted octanol–water partition coefficient (Wildman–Crippen LogP) is 5.49. The van der Waals surface area contributed by atoms with Gasteiger partial charge in [-0.2, -0.15) is 0 Å². The lowest BCUT2D eigenvalue weighted by atomic mass is 9.84. The number of hydrogen-bond donors (Lipinski definition) is 0. The molecule has 3 aromatic carbocycles. The number of halogens is 2. The van der Waals surface area contributed by atoms with E-state index >= 15 is 0 Å². The van der Waals surface area contributed by atoms with Gasteiger partial charge in [0.25, 0.3) is 11.8 Å². The Bertz CT molecular complexity index is 1860. The Hall–Kier alpha value is -4.34. The van der Waals surface area contributed by atoms with E-state index in [2.05, 4.69) is 4.98 Å². The highest BCUT2D eigenvalue weighted by atomic mass is 35.5. The summed E-state index contributed by atoms with van der Waals surface area (Å²) in [5, 5.41) is 2.41. The Kier molecular flexibility index (Phi) is 4.85. The maximum absolute atomic E-state index is 14.7. The first-order valence-corrected chi connectivity index (χ1v) is 12.8. The molecule has 10 heteroatoms. The summed E-state index contributed by atoms with van der Waals surface area (Å²) in [5.74, 6) is -2.09. The van der Waals surface area contributed by atoms with Crippen LogP contribution in [-0.2, 0) is 16.9 Å². The van der Waals surface area contributed by atoms with Crippen molar-refractivity contribution >= 4 is 56.5 Å². The summed E-state index contributed by atoms with van der Waals surface area (Å²) in [7, 11) is 0. The number of thiazole rings is 1. The molecule has 38 heavy (non-hydrogen) atoms. The van der Waals surface area contributed by atoms with Crippen molar-refractivity contribution in [2.24, 2.45) is 0 Å². The maximum Gasteiger partial charge on any atom is 0.297 e. The predicted molar refractivity (Wildman–Crippen MR) is 141 cm³/mol. The molecule has 0 bridgehead atoms. The van der Waals surface area contributed by atoms with E-state index in [-0.39, 0.29) is 34.0 Å². The molecule has 7 nitrogen and oxygen atoms in total. The van der Waals surface area contributed by atoms with E-state index in [9.17, 15) is 18.8 Å². The number of fused-ring (bicyclic) bond motifs is 5. The molecule has 0 radical (unpaired) electrons. The average Bonchev–Trinajstić information content (AvgIpc) is 3.59. The molecule has 0 N–H and O–H groups in total. The first kappa shape index (κ1) is 22.8. The summed E-state index contributed by atoms with van der Waals surface area (Å²) in [5.41, 5.74) is -0.854. The third-order valence-corrected chi connectivity index (χ3v) is 7.96. The number of hydrogen-bond acceptors (Lipinski definition) is 6. The second-order valence-corrected chi connectivity index (χ2v) is 10.3. The number of benzene rings is 3. The summed E-state index contributed by atoms with van der Waals surface area (Å²) in [6, 6.07) is 17.6. The van der Waals surface area contributed by atoms with Crippen LogP contribution in [0.15, 0.2) is 87.5 Å². The molecule has 5 aromatic rings. The van der Waals surface area contributed by atoms with Crippen LogP contribution in [0.25, 0.3) is 11.0 Å². The van der Waals surface area contributed by atoms with Crippen LogP contribution in [-0.4, -0.2) is 16.8 Å². The van der Waals surface area contributed by atoms with Crippen LogP contribution in [0, 0.1) is 5.82 Å². The van der Waals surface area contributed by atoms with Crippen LogP contribution in [0.5, 0.6) is 0 Å². The molecule has 2 aliphatic rings. The fourth-order valence-corrected chi connectivity index (χ4v) is 6.21. The number of carbonyl (C=O) groups is 2. The molecule has 186 valence electrons. The number of para-hydroxylation sites is 1. The van der Waals surface area contributed by atoms with Crippen molar-refractivity contribution in [2.75, 3.05) is 9.80 Å². The number of carbonyl (C=O) groups excluding carboxylic acids is 2. The molecule has 1 spiro atoms. The monoisotopic (exact) mass is 543 g/mol. The third-order valence-electron chi connectivity index (χ3n) is 6.95. The molecular weight excluding hydrogens is 529 g/mol. The average molecular weight is 544 g/mol. The van der Waals surface area contributed by atoms with E-state index in [1.54, 1.807) is 53.9 Å². The molecule has 7 rings (SSSR count). The Morgan fingerprint density at radius 1 is 1.03 bits per heavy atom. The van der Waals surface area contributed by atoms with Crippen LogP contribution < -0.4 is 15.2 Å². The number of rotatable bonds is 3. The van der Waals surface area contributed by atoms with E-state index in [0.717, 1.165) is 29.0 Å². The summed E-state index contributed by atoms with van der Waals surface area (Å²) < 4.78 is 20.1. The minimum Gasteiger partial charge on any atom is -0.450 e. The Morgan fingerprint density at radius 3 is 2.58 bits per heavy atom. The quantitative estimate of drug-likeness (QED) is 0.300. The van der Waals surface area contributed by atoms with E-state index in [0.29, 0.717) is 16.3 Å². The zero-order valence-electron chi connectivity index (χ0n) is 19.4. The molecule has 0 saturated heterocycles. The maximum atomic E-state index is 14.7. The fraction of sp³-hybridized carbons (Fsp3) is 0.0714. The topological polar surface area (TPSA) is 83.7 Å². The molecular formula is C28H15ClFN3O4S. The number of amides is 2. The lowest BCUT2D eigenvalue weighted by Gasteiger charge is -2.32. The molecule has 1 unspecified atom stereocenters. The Labute approximate surface area is 223 Å². The third kappa shape index (κ3) is 2.94. The van der Waals surface area contributed by atoms with Gasteiger partial charge in [0.2, 0.25) is 5.76 Å². The Morgan fingerprint density at radius 2 is 1.82 bits per heavy atom. The highest BCUT2D eigenvalue weighted by Gasteiger charge is 2.66. The van der Waals surface area contributed by atoms with Gasteiger partial charge in [0, 0.05) is 22.2 Å². The van der Waals surface area contributed by atoms with Crippen LogP contribution in [0.2, 0.25) is 5.02 Å². The van der Waals surface area contributed by atoms with Crippen LogP contribution >= 0.6 is 22.9 Å². The van der Waals surface area contributed by atoms with Crippen molar-refractivity contribution in [3.63, 3.8) is 0 Å². The highest BCUT2D eigenvalue weighted by Crippen LogP contribution is 2.54. The van der Waals surface area contributed by atoms with Crippen LogP contribution in [0.4, 0.5) is 15.2 Å². The van der Waals surface area contributed by atoms with Gasteiger partial charge in [-0.25, -0.2) is 9.37 Å². The summed E-state index contributed by atoms with van der Waals surface area (Å²) in [6.45, 7) is 0.164. The second kappa shape index (κ2) is 8.08. The molecule has 0 saturated carbocycles. The summed E-state index contributed by atoms with van der Waals surface area (Å²) >= 11 is 7.22. The number of aromatic nitrogens is 1. The number of anilines is 2. The lowest BCUT2D eigenvalue weighted by Crippen LogP contribution is -2.53. The highest BCUT2D eigenvalue weighted by molar-refractivity contribution is 7.13. The molecule has 0 aliphatic carbocycles. The number of nitrogens with zero attached hydrogens (tertiary/aromatic N) is 3. The minimum absolute atomic E-state index is 0.0522. The standard InChI is InChI=1S/C28H15ClFN3O4S/c29-16-7-5-15(6-8-16)14-32-20-4-2-1-3-19(20)28(26(32)36)22-23(34)18-13-17(30)9-10-21(18)37-24(22)25(35)33(28)27-31-11-12-38-27/h1-13H,14H2. The zero-order valence-corrected chi connectivity index (χ0v) is 20.9.